The van der Waals surface area contributed by atoms with Crippen molar-refractivity contribution in [3.8, 4) is 11.4 Å². The minimum absolute atomic E-state index is 0.434. The van der Waals surface area contributed by atoms with Gasteiger partial charge in [-0.1, -0.05) is 40.9 Å². The van der Waals surface area contributed by atoms with Gasteiger partial charge in [0.05, 0.1) is 10.0 Å². The van der Waals surface area contributed by atoms with E-state index in [0.29, 0.717) is 32.4 Å². The molecular formula is C14H9Cl3N4. The van der Waals surface area contributed by atoms with Crippen LogP contribution in [0.2, 0.25) is 15.1 Å². The zero-order valence-electron chi connectivity index (χ0n) is 10.6. The maximum atomic E-state index is 6.16. The maximum absolute atomic E-state index is 6.16. The molecule has 3 aromatic rings. The molecule has 0 aliphatic rings. The lowest BCUT2D eigenvalue weighted by Crippen LogP contribution is -1.91. The third-order valence-electron chi connectivity index (χ3n) is 2.79. The summed E-state index contributed by atoms with van der Waals surface area (Å²) in [6.07, 6.45) is 0. The highest BCUT2D eigenvalue weighted by Gasteiger charge is 2.11. The Morgan fingerprint density at radius 1 is 0.952 bits per heavy atom. The quantitative estimate of drug-likeness (QED) is 0.691. The monoisotopic (exact) mass is 338 g/mol. The largest absolute Gasteiger partial charge is 0.323 e. The fourth-order valence-electron chi connectivity index (χ4n) is 1.79. The Balaban J connectivity index is 1.86. The number of nitrogens with one attached hydrogen (secondary N) is 2. The lowest BCUT2D eigenvalue weighted by atomic mass is 10.2. The number of aromatic amines is 1. The summed E-state index contributed by atoms with van der Waals surface area (Å²) < 4.78 is 0. The van der Waals surface area contributed by atoms with Crippen molar-refractivity contribution in [3.05, 3.63) is 57.5 Å². The van der Waals surface area contributed by atoms with Gasteiger partial charge in [0.2, 0.25) is 5.95 Å². The van der Waals surface area contributed by atoms with E-state index in [4.69, 9.17) is 34.8 Å². The van der Waals surface area contributed by atoms with E-state index >= 15 is 0 Å². The topological polar surface area (TPSA) is 53.6 Å². The van der Waals surface area contributed by atoms with Crippen LogP contribution in [-0.4, -0.2) is 15.2 Å². The predicted octanol–water partition coefficient (Wildman–Crippen LogP) is 5.18. The Labute approximate surface area is 136 Å². The van der Waals surface area contributed by atoms with Crippen LogP contribution in [0.5, 0.6) is 0 Å². The van der Waals surface area contributed by atoms with E-state index < -0.39 is 0 Å². The smallest absolute Gasteiger partial charge is 0.246 e. The van der Waals surface area contributed by atoms with Gasteiger partial charge in [0.15, 0.2) is 5.82 Å². The van der Waals surface area contributed by atoms with Gasteiger partial charge < -0.3 is 5.32 Å². The molecule has 0 spiro atoms. The van der Waals surface area contributed by atoms with Crippen molar-refractivity contribution in [1.29, 1.82) is 0 Å². The first-order valence-corrected chi connectivity index (χ1v) is 7.16. The van der Waals surface area contributed by atoms with Gasteiger partial charge in [0.1, 0.15) is 0 Å². The minimum Gasteiger partial charge on any atom is -0.323 e. The molecule has 21 heavy (non-hydrogen) atoms. The maximum Gasteiger partial charge on any atom is 0.246 e. The van der Waals surface area contributed by atoms with Gasteiger partial charge in [-0.05, 0) is 36.4 Å². The third kappa shape index (κ3) is 3.13. The van der Waals surface area contributed by atoms with Crippen LogP contribution in [-0.2, 0) is 0 Å². The molecule has 1 heterocycles. The van der Waals surface area contributed by atoms with Crippen LogP contribution in [0.15, 0.2) is 42.5 Å². The van der Waals surface area contributed by atoms with Gasteiger partial charge in [0, 0.05) is 16.3 Å². The molecule has 0 aliphatic carbocycles. The lowest BCUT2D eigenvalue weighted by Gasteiger charge is -2.02. The molecule has 0 unspecified atom stereocenters. The molecule has 0 amide bonds. The standard InChI is InChI=1S/C14H9Cl3N4/c15-8-4-6-9(7-5-8)18-14-19-13(20-21-14)10-2-1-3-11(16)12(10)17/h1-7H,(H2,18,19,20,21). The highest BCUT2D eigenvalue weighted by atomic mass is 35.5. The molecule has 2 N–H and O–H groups in total. The average molecular weight is 340 g/mol. The first-order chi connectivity index (χ1) is 10.1. The summed E-state index contributed by atoms with van der Waals surface area (Å²) >= 11 is 18.0. The van der Waals surface area contributed by atoms with Gasteiger partial charge in [-0.15, -0.1) is 5.10 Å². The van der Waals surface area contributed by atoms with Crippen LogP contribution < -0.4 is 5.32 Å². The zero-order valence-corrected chi connectivity index (χ0v) is 12.8. The van der Waals surface area contributed by atoms with Crippen LogP contribution in [0.4, 0.5) is 11.6 Å². The van der Waals surface area contributed by atoms with E-state index in [1.165, 1.54) is 0 Å². The molecule has 0 bridgehead atoms. The summed E-state index contributed by atoms with van der Waals surface area (Å²) in [5.41, 5.74) is 1.53. The van der Waals surface area contributed by atoms with Crippen molar-refractivity contribution in [1.82, 2.24) is 15.2 Å². The first-order valence-electron chi connectivity index (χ1n) is 6.03. The second-order valence-electron chi connectivity index (χ2n) is 4.24. The summed E-state index contributed by atoms with van der Waals surface area (Å²) in [7, 11) is 0. The molecule has 4 nitrogen and oxygen atoms in total. The number of hydrogen-bond acceptors (Lipinski definition) is 3. The second-order valence-corrected chi connectivity index (χ2v) is 5.46. The molecule has 0 aliphatic heterocycles. The van der Waals surface area contributed by atoms with E-state index in [1.807, 2.05) is 18.2 Å². The van der Waals surface area contributed by atoms with E-state index in [2.05, 4.69) is 20.5 Å². The van der Waals surface area contributed by atoms with Crippen LogP contribution in [0.25, 0.3) is 11.4 Å². The number of nitrogens with zero attached hydrogens (tertiary/aromatic N) is 2. The molecular weight excluding hydrogens is 331 g/mol. The van der Waals surface area contributed by atoms with Crippen LogP contribution in [0.3, 0.4) is 0 Å². The number of rotatable bonds is 3. The summed E-state index contributed by atoms with van der Waals surface area (Å²) in [6.45, 7) is 0. The summed E-state index contributed by atoms with van der Waals surface area (Å²) in [6, 6.07) is 12.6. The number of anilines is 2. The SMILES string of the molecule is Clc1ccc(Nc2n[nH]c(-c3cccc(Cl)c3Cl)n2)cc1. The number of hydrogen-bond donors (Lipinski definition) is 2. The summed E-state index contributed by atoms with van der Waals surface area (Å²) in [5, 5.41) is 11.6. The molecule has 7 heteroatoms. The second kappa shape index (κ2) is 5.93. The van der Waals surface area contributed by atoms with Crippen LogP contribution in [0.1, 0.15) is 0 Å². The van der Waals surface area contributed by atoms with Crippen molar-refractivity contribution in [3.63, 3.8) is 0 Å². The Morgan fingerprint density at radius 3 is 2.48 bits per heavy atom. The lowest BCUT2D eigenvalue weighted by molar-refractivity contribution is 1.10. The molecule has 0 radical (unpaired) electrons. The molecule has 1 aromatic heterocycles. The fraction of sp³-hybridized carbons (Fsp3) is 0. The Bertz CT molecular complexity index is 768. The zero-order chi connectivity index (χ0) is 14.8. The first kappa shape index (κ1) is 14.2. The van der Waals surface area contributed by atoms with Crippen LogP contribution in [0, 0.1) is 0 Å². The fourth-order valence-corrected chi connectivity index (χ4v) is 2.30. The Hall–Kier alpha value is -1.75. The molecule has 0 atom stereocenters. The molecule has 3 rings (SSSR count). The average Bonchev–Trinajstić information content (AvgIpc) is 2.93. The van der Waals surface area contributed by atoms with E-state index in [1.54, 1.807) is 24.3 Å². The third-order valence-corrected chi connectivity index (χ3v) is 3.86. The molecule has 0 saturated heterocycles. The van der Waals surface area contributed by atoms with Crippen molar-refractivity contribution >= 4 is 46.4 Å². The van der Waals surface area contributed by atoms with Crippen molar-refractivity contribution in [2.24, 2.45) is 0 Å². The van der Waals surface area contributed by atoms with Crippen molar-refractivity contribution in [2.45, 2.75) is 0 Å². The van der Waals surface area contributed by atoms with Gasteiger partial charge in [-0.3, -0.25) is 5.10 Å². The van der Waals surface area contributed by atoms with Crippen molar-refractivity contribution in [2.75, 3.05) is 5.32 Å². The summed E-state index contributed by atoms with van der Waals surface area (Å²) in [5.74, 6) is 0.974. The number of benzene rings is 2. The van der Waals surface area contributed by atoms with Crippen molar-refractivity contribution < 1.29 is 0 Å². The van der Waals surface area contributed by atoms with Gasteiger partial charge in [0.25, 0.3) is 0 Å². The molecule has 2 aromatic carbocycles. The van der Waals surface area contributed by atoms with Crippen LogP contribution >= 0.6 is 34.8 Å². The normalized spacial score (nSPS) is 10.6. The number of halogens is 3. The molecule has 106 valence electrons. The highest BCUT2D eigenvalue weighted by molar-refractivity contribution is 6.43. The Kier molecular flexibility index (Phi) is 4.01. The van der Waals surface area contributed by atoms with Gasteiger partial charge >= 0.3 is 0 Å². The Morgan fingerprint density at radius 2 is 1.71 bits per heavy atom. The van der Waals surface area contributed by atoms with E-state index in [-0.39, 0.29) is 0 Å². The number of aromatic nitrogens is 3. The summed E-state index contributed by atoms with van der Waals surface area (Å²) in [4.78, 5) is 4.35. The minimum atomic E-state index is 0.434. The van der Waals surface area contributed by atoms with E-state index in [0.717, 1.165) is 5.69 Å². The van der Waals surface area contributed by atoms with E-state index in [9.17, 15) is 0 Å². The van der Waals surface area contributed by atoms with Gasteiger partial charge in [-0.2, -0.15) is 4.98 Å². The molecule has 0 fully saturated rings. The number of H-pyrrole nitrogens is 1. The predicted molar refractivity (Wildman–Crippen MR) is 86.6 cm³/mol. The van der Waals surface area contributed by atoms with Gasteiger partial charge in [-0.25, -0.2) is 0 Å². The highest BCUT2D eigenvalue weighted by Crippen LogP contribution is 2.32. The molecule has 0 saturated carbocycles.